The number of hydrogen-bond donors (Lipinski definition) is 3. The molecular weight excluding hydrogens is 252 g/mol. The van der Waals surface area contributed by atoms with E-state index in [0.717, 1.165) is 11.3 Å². The Bertz CT molecular complexity index is 606. The van der Waals surface area contributed by atoms with Crippen LogP contribution < -0.4 is 11.1 Å². The van der Waals surface area contributed by atoms with Crippen LogP contribution in [0.2, 0.25) is 5.02 Å². The molecule has 0 aliphatic rings. The van der Waals surface area contributed by atoms with Crippen molar-refractivity contribution in [1.29, 1.82) is 0 Å². The van der Waals surface area contributed by atoms with E-state index in [0.29, 0.717) is 22.1 Å². The van der Waals surface area contributed by atoms with E-state index in [-0.39, 0.29) is 5.91 Å². The van der Waals surface area contributed by atoms with Gasteiger partial charge in [0.25, 0.3) is 5.91 Å². The molecule has 0 aliphatic heterocycles. The van der Waals surface area contributed by atoms with Crippen LogP contribution in [0.25, 0.3) is 0 Å². The Morgan fingerprint density at radius 1 is 1.44 bits per heavy atom. The summed E-state index contributed by atoms with van der Waals surface area (Å²) in [6.07, 6.45) is 0. The SMILES string of the molecule is Cc1[nH]nc(NC(=O)c2cc(N)ccc2Cl)c1C. The minimum atomic E-state index is -0.332. The average Bonchev–Trinajstić information content (AvgIpc) is 2.64. The van der Waals surface area contributed by atoms with Crippen LogP contribution in [0.15, 0.2) is 18.2 Å². The zero-order valence-corrected chi connectivity index (χ0v) is 10.8. The zero-order chi connectivity index (χ0) is 13.3. The lowest BCUT2D eigenvalue weighted by Gasteiger charge is -2.06. The number of benzene rings is 1. The van der Waals surface area contributed by atoms with Crippen LogP contribution >= 0.6 is 11.6 Å². The summed E-state index contributed by atoms with van der Waals surface area (Å²) in [4.78, 5) is 12.0. The van der Waals surface area contributed by atoms with Crippen molar-refractivity contribution >= 4 is 29.0 Å². The predicted octanol–water partition coefficient (Wildman–Crippen LogP) is 2.51. The highest BCUT2D eigenvalue weighted by Gasteiger charge is 2.14. The maximum atomic E-state index is 12.0. The third-order valence-corrected chi connectivity index (χ3v) is 3.05. The number of carbonyl (C=O) groups excluding carboxylic acids is 1. The fourth-order valence-electron chi connectivity index (χ4n) is 1.50. The van der Waals surface area contributed by atoms with Crippen molar-refractivity contribution in [3.63, 3.8) is 0 Å². The maximum absolute atomic E-state index is 12.0. The number of nitrogens with one attached hydrogen (secondary N) is 2. The molecule has 0 bridgehead atoms. The monoisotopic (exact) mass is 264 g/mol. The van der Waals surface area contributed by atoms with Crippen LogP contribution in [0.4, 0.5) is 11.5 Å². The maximum Gasteiger partial charge on any atom is 0.258 e. The summed E-state index contributed by atoms with van der Waals surface area (Å²) in [5, 5.41) is 9.85. The summed E-state index contributed by atoms with van der Waals surface area (Å²) in [6.45, 7) is 3.75. The average molecular weight is 265 g/mol. The number of nitrogen functional groups attached to an aromatic ring is 1. The van der Waals surface area contributed by atoms with Gasteiger partial charge in [-0.1, -0.05) is 11.6 Å². The molecule has 2 aromatic rings. The van der Waals surface area contributed by atoms with Crippen molar-refractivity contribution in [2.75, 3.05) is 11.1 Å². The molecule has 1 heterocycles. The van der Waals surface area contributed by atoms with Crippen LogP contribution in [-0.4, -0.2) is 16.1 Å². The number of aromatic amines is 1. The normalized spacial score (nSPS) is 10.4. The Hall–Kier alpha value is -2.01. The molecule has 1 aromatic heterocycles. The summed E-state index contributed by atoms with van der Waals surface area (Å²) in [7, 11) is 0. The number of hydrogen-bond acceptors (Lipinski definition) is 3. The first-order chi connectivity index (χ1) is 8.49. The zero-order valence-electron chi connectivity index (χ0n) is 10.0. The number of rotatable bonds is 2. The quantitative estimate of drug-likeness (QED) is 0.729. The summed E-state index contributed by atoms with van der Waals surface area (Å²) >= 11 is 5.96. The van der Waals surface area contributed by atoms with Crippen molar-refractivity contribution < 1.29 is 4.79 Å². The van der Waals surface area contributed by atoms with Gasteiger partial charge in [-0.3, -0.25) is 9.89 Å². The van der Waals surface area contributed by atoms with Crippen LogP contribution in [0, 0.1) is 13.8 Å². The van der Waals surface area contributed by atoms with Gasteiger partial charge >= 0.3 is 0 Å². The van der Waals surface area contributed by atoms with Crippen molar-refractivity contribution in [3.05, 3.63) is 40.0 Å². The van der Waals surface area contributed by atoms with Crippen molar-refractivity contribution in [2.45, 2.75) is 13.8 Å². The van der Waals surface area contributed by atoms with Gasteiger partial charge in [-0.25, -0.2) is 0 Å². The van der Waals surface area contributed by atoms with Crippen LogP contribution in [-0.2, 0) is 0 Å². The fourth-order valence-corrected chi connectivity index (χ4v) is 1.70. The number of nitrogens with two attached hydrogens (primary N) is 1. The van der Waals surface area contributed by atoms with E-state index in [9.17, 15) is 4.79 Å². The highest BCUT2D eigenvalue weighted by Crippen LogP contribution is 2.21. The lowest BCUT2D eigenvalue weighted by Crippen LogP contribution is -2.14. The van der Waals surface area contributed by atoms with E-state index in [1.807, 2.05) is 13.8 Å². The summed E-state index contributed by atoms with van der Waals surface area (Å²) in [6, 6.07) is 4.77. The lowest BCUT2D eigenvalue weighted by molar-refractivity contribution is 0.102. The molecule has 0 saturated carbocycles. The van der Waals surface area contributed by atoms with E-state index >= 15 is 0 Å². The molecule has 0 aliphatic carbocycles. The number of carbonyl (C=O) groups is 1. The number of anilines is 2. The second-order valence-electron chi connectivity index (χ2n) is 4.02. The number of H-pyrrole nitrogens is 1. The fraction of sp³-hybridized carbons (Fsp3) is 0.167. The first kappa shape index (κ1) is 12.4. The molecule has 18 heavy (non-hydrogen) atoms. The van der Waals surface area contributed by atoms with Gasteiger partial charge in [0, 0.05) is 16.9 Å². The number of aromatic nitrogens is 2. The molecule has 0 unspecified atom stereocenters. The molecule has 2 rings (SSSR count). The number of nitrogens with zero attached hydrogens (tertiary/aromatic N) is 1. The molecule has 0 atom stereocenters. The van der Waals surface area contributed by atoms with Gasteiger partial charge in [-0.2, -0.15) is 5.10 Å². The second kappa shape index (κ2) is 4.70. The largest absolute Gasteiger partial charge is 0.399 e. The Morgan fingerprint density at radius 2 is 2.17 bits per heavy atom. The molecule has 1 aromatic carbocycles. The molecule has 5 nitrogen and oxygen atoms in total. The molecular formula is C12H13ClN4O. The second-order valence-corrected chi connectivity index (χ2v) is 4.42. The number of aryl methyl sites for hydroxylation is 1. The van der Waals surface area contributed by atoms with Gasteiger partial charge in [0.1, 0.15) is 0 Å². The van der Waals surface area contributed by atoms with Crippen molar-refractivity contribution in [1.82, 2.24) is 10.2 Å². The van der Waals surface area contributed by atoms with Crippen LogP contribution in [0.3, 0.4) is 0 Å². The van der Waals surface area contributed by atoms with Gasteiger partial charge in [0.2, 0.25) is 0 Å². The minimum absolute atomic E-state index is 0.330. The smallest absolute Gasteiger partial charge is 0.258 e. The van der Waals surface area contributed by atoms with Crippen LogP contribution in [0.1, 0.15) is 21.6 Å². The van der Waals surface area contributed by atoms with E-state index in [4.69, 9.17) is 17.3 Å². The minimum Gasteiger partial charge on any atom is -0.399 e. The van der Waals surface area contributed by atoms with Gasteiger partial charge < -0.3 is 11.1 Å². The summed E-state index contributed by atoms with van der Waals surface area (Å²) in [5.74, 6) is 0.165. The molecule has 94 valence electrons. The number of amides is 1. The van der Waals surface area contributed by atoms with E-state index in [2.05, 4.69) is 15.5 Å². The Balaban J connectivity index is 2.27. The molecule has 0 fully saturated rings. The first-order valence-electron chi connectivity index (χ1n) is 5.37. The number of halogens is 1. The third-order valence-electron chi connectivity index (χ3n) is 2.72. The van der Waals surface area contributed by atoms with Gasteiger partial charge in [0.05, 0.1) is 10.6 Å². The van der Waals surface area contributed by atoms with E-state index < -0.39 is 0 Å². The molecule has 6 heteroatoms. The topological polar surface area (TPSA) is 83.8 Å². The first-order valence-corrected chi connectivity index (χ1v) is 5.74. The van der Waals surface area contributed by atoms with Gasteiger partial charge in [-0.15, -0.1) is 0 Å². The Labute approximate surface area is 109 Å². The summed E-state index contributed by atoms with van der Waals surface area (Å²) < 4.78 is 0. The highest BCUT2D eigenvalue weighted by molar-refractivity contribution is 6.34. The third kappa shape index (κ3) is 2.31. The van der Waals surface area contributed by atoms with Crippen LogP contribution in [0.5, 0.6) is 0 Å². The lowest BCUT2D eigenvalue weighted by atomic mass is 10.2. The molecule has 4 N–H and O–H groups in total. The van der Waals surface area contributed by atoms with Crippen molar-refractivity contribution in [2.24, 2.45) is 0 Å². The summed E-state index contributed by atoms with van der Waals surface area (Å²) in [5.41, 5.74) is 8.25. The van der Waals surface area contributed by atoms with Gasteiger partial charge in [0.15, 0.2) is 5.82 Å². The Morgan fingerprint density at radius 3 is 2.78 bits per heavy atom. The van der Waals surface area contributed by atoms with Gasteiger partial charge in [-0.05, 0) is 32.0 Å². The van der Waals surface area contributed by atoms with Crippen molar-refractivity contribution in [3.8, 4) is 0 Å². The molecule has 0 saturated heterocycles. The molecule has 0 spiro atoms. The predicted molar refractivity (Wildman–Crippen MR) is 71.9 cm³/mol. The molecule has 1 amide bonds. The molecule has 0 radical (unpaired) electrons. The Kier molecular flexibility index (Phi) is 3.25. The van der Waals surface area contributed by atoms with E-state index in [1.165, 1.54) is 6.07 Å². The standard InChI is InChI=1S/C12H13ClN4O/c1-6-7(2)16-17-11(6)15-12(18)9-5-8(14)3-4-10(9)13/h3-5H,14H2,1-2H3,(H2,15,16,17,18). The van der Waals surface area contributed by atoms with E-state index in [1.54, 1.807) is 12.1 Å². The highest BCUT2D eigenvalue weighted by atomic mass is 35.5.